The fourth-order valence-corrected chi connectivity index (χ4v) is 2.95. The molecule has 1 aliphatic carbocycles. The molecule has 1 N–H and O–H groups in total. The SMILES string of the molecule is O=C(Nc1ccncn1)c1cnc(OCC(F)(F)F)c(C2CCCC2)c1. The summed E-state index contributed by atoms with van der Waals surface area (Å²) in [5.74, 6) is -0.145. The van der Waals surface area contributed by atoms with Crippen molar-refractivity contribution in [3.8, 4) is 5.88 Å². The molecule has 0 unspecified atom stereocenters. The van der Waals surface area contributed by atoms with Crippen LogP contribution in [-0.2, 0) is 0 Å². The van der Waals surface area contributed by atoms with E-state index in [1.54, 1.807) is 6.07 Å². The lowest BCUT2D eigenvalue weighted by Gasteiger charge is -2.17. The number of hydrogen-bond acceptors (Lipinski definition) is 5. The average Bonchev–Trinajstić information content (AvgIpc) is 3.14. The Balaban J connectivity index is 1.82. The molecule has 2 heterocycles. The summed E-state index contributed by atoms with van der Waals surface area (Å²) in [6.07, 6.45) is 3.19. The lowest BCUT2D eigenvalue weighted by Crippen LogP contribution is -2.21. The third kappa shape index (κ3) is 4.68. The Hall–Kier alpha value is -2.71. The Labute approximate surface area is 147 Å². The number of alkyl halides is 3. The van der Waals surface area contributed by atoms with E-state index in [2.05, 4.69) is 20.3 Å². The maximum Gasteiger partial charge on any atom is 0.422 e. The number of aromatic nitrogens is 3. The van der Waals surface area contributed by atoms with Crippen molar-refractivity contribution in [2.75, 3.05) is 11.9 Å². The van der Waals surface area contributed by atoms with Gasteiger partial charge in [0.2, 0.25) is 5.88 Å². The van der Waals surface area contributed by atoms with Gasteiger partial charge >= 0.3 is 6.18 Å². The van der Waals surface area contributed by atoms with Crippen LogP contribution in [0.1, 0.15) is 47.5 Å². The van der Waals surface area contributed by atoms with E-state index in [1.165, 1.54) is 24.8 Å². The van der Waals surface area contributed by atoms with Crippen LogP contribution in [0.3, 0.4) is 0 Å². The first-order valence-corrected chi connectivity index (χ1v) is 8.19. The van der Waals surface area contributed by atoms with Gasteiger partial charge in [-0.15, -0.1) is 0 Å². The Morgan fingerprint density at radius 2 is 2.04 bits per heavy atom. The van der Waals surface area contributed by atoms with Gasteiger partial charge in [-0.25, -0.2) is 15.0 Å². The molecule has 0 atom stereocenters. The van der Waals surface area contributed by atoms with Crippen molar-refractivity contribution in [1.82, 2.24) is 15.0 Å². The zero-order chi connectivity index (χ0) is 18.6. The summed E-state index contributed by atoms with van der Waals surface area (Å²) >= 11 is 0. The van der Waals surface area contributed by atoms with Crippen LogP contribution < -0.4 is 10.1 Å². The van der Waals surface area contributed by atoms with Crippen LogP contribution in [0.5, 0.6) is 5.88 Å². The molecule has 0 aromatic carbocycles. The van der Waals surface area contributed by atoms with Crippen LogP contribution in [0.4, 0.5) is 19.0 Å². The second kappa shape index (κ2) is 7.67. The van der Waals surface area contributed by atoms with Crippen LogP contribution in [0.2, 0.25) is 0 Å². The second-order valence-electron chi connectivity index (χ2n) is 6.05. The normalized spacial score (nSPS) is 15.0. The van der Waals surface area contributed by atoms with Gasteiger partial charge in [-0.1, -0.05) is 12.8 Å². The fraction of sp³-hybridized carbons (Fsp3) is 0.412. The van der Waals surface area contributed by atoms with E-state index in [9.17, 15) is 18.0 Å². The van der Waals surface area contributed by atoms with E-state index in [0.717, 1.165) is 25.7 Å². The van der Waals surface area contributed by atoms with Gasteiger partial charge in [-0.2, -0.15) is 13.2 Å². The molecule has 1 aliphatic rings. The minimum atomic E-state index is -4.45. The van der Waals surface area contributed by atoms with Crippen molar-refractivity contribution >= 4 is 11.7 Å². The molecule has 2 aromatic heterocycles. The highest BCUT2D eigenvalue weighted by atomic mass is 19.4. The summed E-state index contributed by atoms with van der Waals surface area (Å²) in [4.78, 5) is 24.0. The second-order valence-corrected chi connectivity index (χ2v) is 6.05. The first kappa shape index (κ1) is 18.1. The third-order valence-electron chi connectivity index (χ3n) is 4.13. The molecule has 26 heavy (non-hydrogen) atoms. The first-order valence-electron chi connectivity index (χ1n) is 8.19. The van der Waals surface area contributed by atoms with Crippen LogP contribution in [-0.4, -0.2) is 33.6 Å². The lowest BCUT2D eigenvalue weighted by atomic mass is 9.97. The molecule has 2 aromatic rings. The standard InChI is InChI=1S/C17H17F3N4O2/c18-17(19,20)9-26-16-13(11-3-1-2-4-11)7-12(8-22-16)15(25)24-14-5-6-21-10-23-14/h5-8,10-11H,1-4,9H2,(H,21,23,24,25). The van der Waals surface area contributed by atoms with Gasteiger partial charge in [0.15, 0.2) is 6.61 Å². The van der Waals surface area contributed by atoms with Crippen LogP contribution in [0, 0.1) is 0 Å². The summed E-state index contributed by atoms with van der Waals surface area (Å²) in [7, 11) is 0. The molecular weight excluding hydrogens is 349 g/mol. The number of nitrogens with one attached hydrogen (secondary N) is 1. The Kier molecular flexibility index (Phi) is 5.34. The number of rotatable bonds is 5. The van der Waals surface area contributed by atoms with Crippen molar-refractivity contribution in [2.24, 2.45) is 0 Å². The highest BCUT2D eigenvalue weighted by molar-refractivity contribution is 6.03. The summed E-state index contributed by atoms with van der Waals surface area (Å²) in [5.41, 5.74) is 0.784. The zero-order valence-electron chi connectivity index (χ0n) is 13.8. The number of hydrogen-bond donors (Lipinski definition) is 1. The van der Waals surface area contributed by atoms with E-state index in [4.69, 9.17) is 4.74 Å². The topological polar surface area (TPSA) is 77.0 Å². The molecule has 3 rings (SSSR count). The Morgan fingerprint density at radius 3 is 2.69 bits per heavy atom. The summed E-state index contributed by atoms with van der Waals surface area (Å²) in [5, 5.41) is 2.60. The molecule has 138 valence electrons. The minimum absolute atomic E-state index is 0.0394. The average molecular weight is 366 g/mol. The number of carbonyl (C=O) groups excluding carboxylic acids is 1. The van der Waals surface area contributed by atoms with Crippen LogP contribution in [0.15, 0.2) is 30.9 Å². The van der Waals surface area contributed by atoms with E-state index in [-0.39, 0.29) is 17.4 Å². The van der Waals surface area contributed by atoms with E-state index in [1.807, 2.05) is 0 Å². The van der Waals surface area contributed by atoms with Crippen molar-refractivity contribution < 1.29 is 22.7 Å². The molecule has 9 heteroatoms. The largest absolute Gasteiger partial charge is 0.468 e. The monoisotopic (exact) mass is 366 g/mol. The molecule has 0 spiro atoms. The number of anilines is 1. The van der Waals surface area contributed by atoms with Crippen molar-refractivity contribution in [2.45, 2.75) is 37.8 Å². The number of carbonyl (C=O) groups is 1. The van der Waals surface area contributed by atoms with Gasteiger partial charge in [0.25, 0.3) is 5.91 Å². The maximum absolute atomic E-state index is 12.5. The van der Waals surface area contributed by atoms with Crippen molar-refractivity contribution in [1.29, 1.82) is 0 Å². The molecule has 6 nitrogen and oxygen atoms in total. The summed E-state index contributed by atoms with van der Waals surface area (Å²) in [6, 6.07) is 3.09. The number of halogens is 3. The zero-order valence-corrected chi connectivity index (χ0v) is 13.8. The molecule has 1 saturated carbocycles. The molecular formula is C17H17F3N4O2. The van der Waals surface area contributed by atoms with Gasteiger partial charge in [-0.05, 0) is 30.9 Å². The third-order valence-corrected chi connectivity index (χ3v) is 4.13. The molecule has 0 saturated heterocycles. The van der Waals surface area contributed by atoms with Gasteiger partial charge in [-0.3, -0.25) is 4.79 Å². The Bertz CT molecular complexity index is 762. The summed E-state index contributed by atoms with van der Waals surface area (Å²) < 4.78 is 42.3. The molecule has 1 fully saturated rings. The number of amides is 1. The minimum Gasteiger partial charge on any atom is -0.468 e. The highest BCUT2D eigenvalue weighted by Gasteiger charge is 2.30. The first-order chi connectivity index (χ1) is 12.4. The number of ether oxygens (including phenoxy) is 1. The maximum atomic E-state index is 12.5. The van der Waals surface area contributed by atoms with Crippen molar-refractivity contribution in [3.05, 3.63) is 42.0 Å². The molecule has 0 aliphatic heterocycles. The number of nitrogens with zero attached hydrogens (tertiary/aromatic N) is 3. The smallest absolute Gasteiger partial charge is 0.422 e. The fourth-order valence-electron chi connectivity index (χ4n) is 2.95. The lowest BCUT2D eigenvalue weighted by molar-refractivity contribution is -0.154. The Morgan fingerprint density at radius 1 is 1.27 bits per heavy atom. The van der Waals surface area contributed by atoms with E-state index >= 15 is 0 Å². The summed E-state index contributed by atoms with van der Waals surface area (Å²) in [6.45, 7) is -1.41. The predicted molar refractivity (Wildman–Crippen MR) is 87.0 cm³/mol. The molecule has 1 amide bonds. The highest BCUT2D eigenvalue weighted by Crippen LogP contribution is 2.38. The van der Waals surface area contributed by atoms with Gasteiger partial charge < -0.3 is 10.1 Å². The van der Waals surface area contributed by atoms with Gasteiger partial charge in [0.05, 0.1) is 5.56 Å². The van der Waals surface area contributed by atoms with E-state index in [0.29, 0.717) is 11.4 Å². The predicted octanol–water partition coefficient (Wildman–Crippen LogP) is 3.72. The van der Waals surface area contributed by atoms with Crippen LogP contribution in [0.25, 0.3) is 0 Å². The van der Waals surface area contributed by atoms with Crippen LogP contribution >= 0.6 is 0 Å². The van der Waals surface area contributed by atoms with E-state index < -0.39 is 18.7 Å². The van der Waals surface area contributed by atoms with Crippen molar-refractivity contribution in [3.63, 3.8) is 0 Å². The quantitative estimate of drug-likeness (QED) is 0.873. The van der Waals surface area contributed by atoms with Gasteiger partial charge in [0.1, 0.15) is 12.1 Å². The number of pyridine rings is 1. The van der Waals surface area contributed by atoms with Gasteiger partial charge in [0, 0.05) is 18.0 Å². The molecule has 0 radical (unpaired) electrons. The molecule has 0 bridgehead atoms.